The maximum Gasteiger partial charge on any atom is 0.222 e. The highest BCUT2D eigenvalue weighted by atomic mass is 16.3. The first kappa shape index (κ1) is 18.0. The summed E-state index contributed by atoms with van der Waals surface area (Å²) in [4.78, 5) is 25.3. The summed E-state index contributed by atoms with van der Waals surface area (Å²) in [5.41, 5.74) is 0.983. The molecule has 0 saturated heterocycles. The second-order valence-electron chi connectivity index (χ2n) is 5.19. The van der Waals surface area contributed by atoms with Crippen molar-refractivity contribution in [2.24, 2.45) is 0 Å². The molecule has 1 aromatic rings. The molecule has 0 aromatic heterocycles. The van der Waals surface area contributed by atoms with Crippen molar-refractivity contribution in [3.8, 4) is 5.75 Å². The summed E-state index contributed by atoms with van der Waals surface area (Å²) < 4.78 is 0. The summed E-state index contributed by atoms with van der Waals surface area (Å²) in [6.07, 6.45) is 2.04. The predicted octanol–water partition coefficient (Wildman–Crippen LogP) is 2.09. The summed E-state index contributed by atoms with van der Waals surface area (Å²) in [5.74, 6) is 0.309. The highest BCUT2D eigenvalue weighted by Gasteiger charge is 2.10. The van der Waals surface area contributed by atoms with Gasteiger partial charge in [0.1, 0.15) is 5.75 Å². The molecule has 5 nitrogen and oxygen atoms in total. The van der Waals surface area contributed by atoms with E-state index in [2.05, 4.69) is 5.32 Å². The molecule has 0 spiro atoms. The average Bonchev–Trinajstić information content (AvgIpc) is 2.48. The Morgan fingerprint density at radius 2 is 1.91 bits per heavy atom. The molecule has 1 aromatic carbocycles. The molecule has 1 rings (SSSR count). The summed E-state index contributed by atoms with van der Waals surface area (Å²) in [6.45, 7) is 5.87. The number of aromatic hydroxyl groups is 1. The second-order valence-corrected chi connectivity index (χ2v) is 5.19. The van der Waals surface area contributed by atoms with E-state index >= 15 is 0 Å². The van der Waals surface area contributed by atoms with Crippen LogP contribution in [0.4, 0.5) is 0 Å². The Kier molecular flexibility index (Phi) is 8.04. The highest BCUT2D eigenvalue weighted by Crippen LogP contribution is 2.10. The monoisotopic (exact) mass is 306 g/mol. The summed E-state index contributed by atoms with van der Waals surface area (Å²) in [6, 6.07) is 7.00. The Labute approximate surface area is 132 Å². The van der Waals surface area contributed by atoms with Crippen LogP contribution < -0.4 is 5.32 Å². The van der Waals surface area contributed by atoms with Crippen LogP contribution in [-0.4, -0.2) is 41.5 Å². The molecule has 122 valence electrons. The molecule has 0 atom stereocenters. The lowest BCUT2D eigenvalue weighted by atomic mass is 10.1. The Bertz CT molecular complexity index is 485. The van der Waals surface area contributed by atoms with Crippen molar-refractivity contribution < 1.29 is 14.7 Å². The molecule has 0 heterocycles. The Morgan fingerprint density at radius 1 is 1.18 bits per heavy atom. The quantitative estimate of drug-likeness (QED) is 0.734. The standard InChI is InChI=1S/C17H26N2O3/c1-3-19(4-2)17(22)10-6-9-16(21)18-12-11-14-7-5-8-15(20)13-14/h5,7-8,13,20H,3-4,6,9-12H2,1-2H3,(H,18,21). The zero-order valence-electron chi connectivity index (χ0n) is 13.5. The Morgan fingerprint density at radius 3 is 2.55 bits per heavy atom. The second kappa shape index (κ2) is 9.82. The molecule has 0 aliphatic heterocycles. The molecule has 0 radical (unpaired) electrons. The van der Waals surface area contributed by atoms with E-state index in [0.717, 1.165) is 5.56 Å². The molecule has 0 fully saturated rings. The number of benzene rings is 1. The molecule has 2 N–H and O–H groups in total. The third-order valence-electron chi connectivity index (χ3n) is 3.56. The van der Waals surface area contributed by atoms with Crippen LogP contribution in [0.15, 0.2) is 24.3 Å². The van der Waals surface area contributed by atoms with Crippen LogP contribution in [0.1, 0.15) is 38.7 Å². The van der Waals surface area contributed by atoms with Gasteiger partial charge in [-0.1, -0.05) is 12.1 Å². The summed E-state index contributed by atoms with van der Waals surface area (Å²) in [5, 5.41) is 12.2. The van der Waals surface area contributed by atoms with Crippen LogP contribution in [0.25, 0.3) is 0 Å². The molecule has 0 unspecified atom stereocenters. The topological polar surface area (TPSA) is 69.6 Å². The van der Waals surface area contributed by atoms with Gasteiger partial charge in [-0.3, -0.25) is 9.59 Å². The lowest BCUT2D eigenvalue weighted by molar-refractivity contribution is -0.131. The first-order chi connectivity index (χ1) is 10.6. The van der Waals surface area contributed by atoms with E-state index in [4.69, 9.17) is 0 Å². The van der Waals surface area contributed by atoms with Gasteiger partial charge in [0.15, 0.2) is 0 Å². The van der Waals surface area contributed by atoms with Crippen molar-refractivity contribution in [2.45, 2.75) is 39.5 Å². The van der Waals surface area contributed by atoms with Gasteiger partial charge in [0.25, 0.3) is 0 Å². The van der Waals surface area contributed by atoms with Crippen molar-refractivity contribution in [1.29, 1.82) is 0 Å². The van der Waals surface area contributed by atoms with Gasteiger partial charge in [0.05, 0.1) is 0 Å². The number of hydrogen-bond acceptors (Lipinski definition) is 3. The SMILES string of the molecule is CCN(CC)C(=O)CCCC(=O)NCCc1cccc(O)c1. The highest BCUT2D eigenvalue weighted by molar-refractivity contribution is 5.78. The van der Waals surface area contributed by atoms with Crippen molar-refractivity contribution in [3.63, 3.8) is 0 Å². The molecule has 0 aliphatic rings. The molecular weight excluding hydrogens is 280 g/mol. The van der Waals surface area contributed by atoms with Gasteiger partial charge < -0.3 is 15.3 Å². The van der Waals surface area contributed by atoms with Gasteiger partial charge in [0, 0.05) is 32.5 Å². The number of carbonyl (C=O) groups is 2. The van der Waals surface area contributed by atoms with E-state index in [1.165, 1.54) is 0 Å². The molecule has 0 bridgehead atoms. The van der Waals surface area contributed by atoms with Gasteiger partial charge in [-0.2, -0.15) is 0 Å². The molecule has 0 saturated carbocycles. The fourth-order valence-electron chi connectivity index (χ4n) is 2.28. The number of phenolic OH excluding ortho intramolecular Hbond substituents is 1. The van der Waals surface area contributed by atoms with Gasteiger partial charge in [-0.05, 0) is 44.4 Å². The zero-order chi connectivity index (χ0) is 16.4. The number of nitrogens with one attached hydrogen (secondary N) is 1. The minimum atomic E-state index is -0.0347. The largest absolute Gasteiger partial charge is 0.508 e. The van der Waals surface area contributed by atoms with Crippen LogP contribution in [-0.2, 0) is 16.0 Å². The van der Waals surface area contributed by atoms with Gasteiger partial charge in [0.2, 0.25) is 11.8 Å². The smallest absolute Gasteiger partial charge is 0.222 e. The molecule has 0 aliphatic carbocycles. The number of phenols is 1. The zero-order valence-corrected chi connectivity index (χ0v) is 13.5. The van der Waals surface area contributed by atoms with E-state index in [1.54, 1.807) is 23.1 Å². The van der Waals surface area contributed by atoms with E-state index in [1.807, 2.05) is 19.9 Å². The van der Waals surface area contributed by atoms with Crippen LogP contribution in [0, 0.1) is 0 Å². The predicted molar refractivity (Wildman–Crippen MR) is 86.6 cm³/mol. The lowest BCUT2D eigenvalue weighted by Crippen LogP contribution is -2.31. The van der Waals surface area contributed by atoms with Gasteiger partial charge in [-0.15, -0.1) is 0 Å². The molecular formula is C17H26N2O3. The van der Waals surface area contributed by atoms with Gasteiger partial charge in [-0.25, -0.2) is 0 Å². The number of carbonyl (C=O) groups excluding carboxylic acids is 2. The Hall–Kier alpha value is -2.04. The van der Waals surface area contributed by atoms with Crippen LogP contribution in [0.3, 0.4) is 0 Å². The first-order valence-corrected chi connectivity index (χ1v) is 7.89. The van der Waals surface area contributed by atoms with Crippen LogP contribution in [0.2, 0.25) is 0 Å². The lowest BCUT2D eigenvalue weighted by Gasteiger charge is -2.18. The summed E-state index contributed by atoms with van der Waals surface area (Å²) >= 11 is 0. The van der Waals surface area contributed by atoms with E-state index < -0.39 is 0 Å². The van der Waals surface area contributed by atoms with Crippen molar-refractivity contribution in [2.75, 3.05) is 19.6 Å². The van der Waals surface area contributed by atoms with Crippen molar-refractivity contribution in [3.05, 3.63) is 29.8 Å². The summed E-state index contributed by atoms with van der Waals surface area (Å²) in [7, 11) is 0. The van der Waals surface area contributed by atoms with E-state index in [9.17, 15) is 14.7 Å². The maximum absolute atomic E-state index is 11.8. The third kappa shape index (κ3) is 6.61. The molecule has 22 heavy (non-hydrogen) atoms. The third-order valence-corrected chi connectivity index (χ3v) is 3.56. The van der Waals surface area contributed by atoms with E-state index in [-0.39, 0.29) is 17.6 Å². The Balaban J connectivity index is 2.17. The molecule has 2 amide bonds. The van der Waals surface area contributed by atoms with Crippen molar-refractivity contribution in [1.82, 2.24) is 10.2 Å². The van der Waals surface area contributed by atoms with Crippen molar-refractivity contribution >= 4 is 11.8 Å². The maximum atomic E-state index is 11.8. The fraction of sp³-hybridized carbons (Fsp3) is 0.529. The average molecular weight is 306 g/mol. The number of hydrogen-bond donors (Lipinski definition) is 2. The number of nitrogens with zero attached hydrogens (tertiary/aromatic N) is 1. The van der Waals surface area contributed by atoms with Gasteiger partial charge >= 0.3 is 0 Å². The fourth-order valence-corrected chi connectivity index (χ4v) is 2.28. The minimum Gasteiger partial charge on any atom is -0.508 e. The number of amides is 2. The minimum absolute atomic E-state index is 0.0347. The van der Waals surface area contributed by atoms with Crippen LogP contribution in [0.5, 0.6) is 5.75 Å². The van der Waals surface area contributed by atoms with E-state index in [0.29, 0.717) is 45.3 Å². The normalized spacial score (nSPS) is 10.3. The molecule has 5 heteroatoms. The number of rotatable bonds is 9. The van der Waals surface area contributed by atoms with Crippen LogP contribution >= 0.6 is 0 Å². The first-order valence-electron chi connectivity index (χ1n) is 7.89.